The van der Waals surface area contributed by atoms with Gasteiger partial charge in [0.1, 0.15) is 0 Å². The van der Waals surface area contributed by atoms with E-state index in [-0.39, 0.29) is 35.8 Å². The molecule has 0 aliphatic rings. The van der Waals surface area contributed by atoms with Gasteiger partial charge in [-0.05, 0) is 0 Å². The molecule has 0 aliphatic heterocycles. The second-order valence-corrected chi connectivity index (χ2v) is 0. The Hall–Kier alpha value is 1.08. The molecule has 0 N–H and O–H groups in total. The average Bonchev–Trinajstić information content (AvgIpc) is 1.00. The van der Waals surface area contributed by atoms with Gasteiger partial charge in [0.15, 0.2) is 0 Å². The van der Waals surface area contributed by atoms with E-state index in [0.29, 0.717) is 0 Å². The van der Waals surface area contributed by atoms with Crippen LogP contribution in [0.25, 0.3) is 0 Å². The van der Waals surface area contributed by atoms with Crippen molar-refractivity contribution in [1.29, 1.82) is 0 Å². The van der Waals surface area contributed by atoms with Crippen LogP contribution in [0.3, 0.4) is 0 Å². The molecule has 2 heteroatoms. The number of halogens is 1. The van der Waals surface area contributed by atoms with Crippen LogP contribution in [0.1, 0.15) is 6.92 Å². The molecule has 0 aromatic rings. The van der Waals surface area contributed by atoms with Crippen LogP contribution in [0.4, 0.5) is 0 Å². The minimum absolute atomic E-state index is 0. The van der Waals surface area contributed by atoms with Gasteiger partial charge < -0.3 is 6.92 Å². The van der Waals surface area contributed by atoms with Crippen molar-refractivity contribution in [3.05, 3.63) is 6.92 Å². The molecular weight excluding hydrogens is 111 g/mol. The minimum atomic E-state index is 0. The Labute approximate surface area is 49.9 Å². The van der Waals surface area contributed by atoms with Gasteiger partial charge in [-0.25, -0.2) is 0 Å². The largest absolute Gasteiger partial charge is 1.00 e. The maximum Gasteiger partial charge on any atom is 1.00 e. The molecule has 0 atom stereocenters. The van der Waals surface area contributed by atoms with Gasteiger partial charge >= 0.3 is 18.9 Å². The van der Waals surface area contributed by atoms with E-state index in [0.717, 1.165) is 0 Å². The summed E-state index contributed by atoms with van der Waals surface area (Å²) in [4.78, 5) is 0. The molecule has 4 heavy (non-hydrogen) atoms. The summed E-state index contributed by atoms with van der Waals surface area (Å²) in [6.07, 6.45) is 0. The van der Waals surface area contributed by atoms with Crippen molar-refractivity contribution in [1.82, 2.24) is 0 Å². The maximum atomic E-state index is 3.25. The molecule has 0 aromatic carbocycles. The predicted molar refractivity (Wildman–Crippen MR) is 21.4 cm³/mol. The third-order valence-electron chi connectivity index (χ3n) is 0. The smallest absolute Gasteiger partial charge is 0.346 e. The van der Waals surface area contributed by atoms with Crippen molar-refractivity contribution in [2.24, 2.45) is 0 Å². The van der Waals surface area contributed by atoms with Crippen LogP contribution in [0.15, 0.2) is 0 Å². The molecule has 0 fully saturated rings. The molecule has 22 valence electrons. The third-order valence-corrected chi connectivity index (χ3v) is 0. The molecule has 0 saturated carbocycles. The van der Waals surface area contributed by atoms with Crippen molar-refractivity contribution >= 4 is 17.0 Å². The molecule has 0 amide bonds. The summed E-state index contributed by atoms with van der Waals surface area (Å²) in [6.45, 7) is 5.00. The van der Waals surface area contributed by atoms with E-state index in [9.17, 15) is 0 Å². The maximum absolute atomic E-state index is 3.25. The van der Waals surface area contributed by atoms with Crippen molar-refractivity contribution in [2.45, 2.75) is 6.92 Å². The van der Waals surface area contributed by atoms with E-state index in [1.54, 1.807) is 6.92 Å². The Bertz CT molecular complexity index is 6.00. The standard InChI is InChI=1S/C2H5.BrH.Li/c1-2;;/h1H2,2H3;1H;/q-1;;+1. The van der Waals surface area contributed by atoms with Crippen LogP contribution in [-0.4, -0.2) is 0 Å². The first-order chi connectivity index (χ1) is 1.00. The van der Waals surface area contributed by atoms with E-state index in [1.165, 1.54) is 0 Å². The summed E-state index contributed by atoms with van der Waals surface area (Å²) >= 11 is 0. The minimum Gasteiger partial charge on any atom is -0.346 e. The van der Waals surface area contributed by atoms with Gasteiger partial charge in [-0.15, -0.1) is 17.0 Å². The van der Waals surface area contributed by atoms with Gasteiger partial charge in [-0.1, -0.05) is 0 Å². The molecule has 0 saturated heterocycles. The summed E-state index contributed by atoms with van der Waals surface area (Å²) < 4.78 is 0. The van der Waals surface area contributed by atoms with Crippen LogP contribution in [0.5, 0.6) is 0 Å². The van der Waals surface area contributed by atoms with Gasteiger partial charge in [0.2, 0.25) is 0 Å². The van der Waals surface area contributed by atoms with Gasteiger partial charge in [-0.2, -0.15) is 6.92 Å². The first-order valence-corrected chi connectivity index (χ1v) is 0.707. The summed E-state index contributed by atoms with van der Waals surface area (Å²) in [5.74, 6) is 0. The van der Waals surface area contributed by atoms with Crippen LogP contribution in [0.2, 0.25) is 0 Å². The molecule has 0 aliphatic carbocycles. The monoisotopic (exact) mass is 116 g/mol. The van der Waals surface area contributed by atoms with Crippen molar-refractivity contribution in [3.63, 3.8) is 0 Å². The van der Waals surface area contributed by atoms with Gasteiger partial charge in [0.25, 0.3) is 0 Å². The summed E-state index contributed by atoms with van der Waals surface area (Å²) in [5.41, 5.74) is 0. The van der Waals surface area contributed by atoms with Gasteiger partial charge in [0.05, 0.1) is 0 Å². The van der Waals surface area contributed by atoms with E-state index >= 15 is 0 Å². The Balaban J connectivity index is -0.00000000500. The summed E-state index contributed by atoms with van der Waals surface area (Å²) in [7, 11) is 0. The number of hydrogen-bond donors (Lipinski definition) is 0. The second kappa shape index (κ2) is 33.3. The quantitative estimate of drug-likeness (QED) is 0.265. The first kappa shape index (κ1) is 19.6. The topological polar surface area (TPSA) is 0 Å². The molecule has 0 bridgehead atoms. The third kappa shape index (κ3) is 11.4. The van der Waals surface area contributed by atoms with E-state index in [2.05, 4.69) is 6.92 Å². The molecule has 0 aromatic heterocycles. The Kier molecular flexibility index (Phi) is 163. The fourth-order valence-electron chi connectivity index (χ4n) is 0. The summed E-state index contributed by atoms with van der Waals surface area (Å²) in [6, 6.07) is 0. The molecule has 0 heterocycles. The molecule has 0 spiro atoms. The zero-order valence-corrected chi connectivity index (χ0v) is 4.83. The Morgan fingerprint density at radius 1 is 1.25 bits per heavy atom. The molecule has 0 unspecified atom stereocenters. The SMILES string of the molecule is Br.[CH2-]C.[Li+]. The zero-order chi connectivity index (χ0) is 2.00. The van der Waals surface area contributed by atoms with Crippen LogP contribution >= 0.6 is 17.0 Å². The van der Waals surface area contributed by atoms with Crippen LogP contribution in [0, 0.1) is 6.92 Å². The van der Waals surface area contributed by atoms with E-state index < -0.39 is 0 Å². The Morgan fingerprint density at radius 3 is 1.25 bits per heavy atom. The second-order valence-electron chi connectivity index (χ2n) is 0. The zero-order valence-electron chi connectivity index (χ0n) is 3.12. The van der Waals surface area contributed by atoms with E-state index in [1.807, 2.05) is 0 Å². The number of hydrogen-bond acceptors (Lipinski definition) is 0. The average molecular weight is 117 g/mol. The fourth-order valence-corrected chi connectivity index (χ4v) is 0. The van der Waals surface area contributed by atoms with Gasteiger partial charge in [0, 0.05) is 0 Å². The van der Waals surface area contributed by atoms with E-state index in [4.69, 9.17) is 0 Å². The van der Waals surface area contributed by atoms with Crippen molar-refractivity contribution < 1.29 is 18.9 Å². The molecular formula is C2H6BrLi. The predicted octanol–water partition coefficient (Wildman–Crippen LogP) is -1.58. The van der Waals surface area contributed by atoms with Crippen molar-refractivity contribution in [3.8, 4) is 0 Å². The molecule has 0 rings (SSSR count). The fraction of sp³-hybridized carbons (Fsp3) is 0.500. The van der Waals surface area contributed by atoms with Gasteiger partial charge in [-0.3, -0.25) is 0 Å². The number of rotatable bonds is 0. The molecule has 0 nitrogen and oxygen atoms in total. The first-order valence-electron chi connectivity index (χ1n) is 0.707. The molecule has 0 radical (unpaired) electrons. The van der Waals surface area contributed by atoms with Crippen LogP contribution < -0.4 is 18.9 Å². The Morgan fingerprint density at radius 2 is 1.25 bits per heavy atom. The van der Waals surface area contributed by atoms with Crippen molar-refractivity contribution in [2.75, 3.05) is 0 Å². The van der Waals surface area contributed by atoms with Crippen LogP contribution in [-0.2, 0) is 0 Å². The normalized spacial score (nSPS) is 1.50. The summed E-state index contributed by atoms with van der Waals surface area (Å²) in [5, 5.41) is 0.